The zero-order valence-corrected chi connectivity index (χ0v) is 12.5. The van der Waals surface area contributed by atoms with Crippen LogP contribution in [0.1, 0.15) is 10.4 Å². The highest BCUT2D eigenvalue weighted by atomic mass is 79.9. The van der Waals surface area contributed by atoms with Gasteiger partial charge < -0.3 is 5.32 Å². The van der Waals surface area contributed by atoms with Gasteiger partial charge in [0.2, 0.25) is 0 Å². The van der Waals surface area contributed by atoms with E-state index >= 15 is 0 Å². The van der Waals surface area contributed by atoms with Crippen LogP contribution in [0.25, 0.3) is 0 Å². The molecule has 0 saturated carbocycles. The Bertz CT molecular complexity index is 649. The number of amides is 1. The van der Waals surface area contributed by atoms with Gasteiger partial charge in [-0.15, -0.1) is 0 Å². The fourth-order valence-corrected chi connectivity index (χ4v) is 2.10. The number of benzene rings is 2. The Morgan fingerprint density at radius 2 is 1.89 bits per heavy atom. The third kappa shape index (κ3) is 3.47. The third-order valence-electron chi connectivity index (χ3n) is 2.35. The van der Waals surface area contributed by atoms with E-state index in [1.54, 1.807) is 18.2 Å². The second-order valence-electron chi connectivity index (χ2n) is 3.71. The minimum absolute atomic E-state index is 0.0736. The van der Waals surface area contributed by atoms with Crippen LogP contribution in [0.5, 0.6) is 0 Å². The monoisotopic (exact) mass is 361 g/mol. The molecule has 2 rings (SSSR count). The van der Waals surface area contributed by atoms with E-state index in [0.29, 0.717) is 15.2 Å². The number of carbonyl (C=O) groups excluding carboxylic acids is 1. The molecule has 2 aromatic carbocycles. The van der Waals surface area contributed by atoms with E-state index < -0.39 is 11.7 Å². The molecule has 1 amide bonds. The van der Waals surface area contributed by atoms with E-state index in [9.17, 15) is 9.18 Å². The summed E-state index contributed by atoms with van der Waals surface area (Å²) in [6, 6.07) is 8.76. The number of rotatable bonds is 2. The first-order valence-electron chi connectivity index (χ1n) is 5.19. The van der Waals surface area contributed by atoms with Crippen molar-refractivity contribution in [2.75, 3.05) is 5.32 Å². The Hall–Kier alpha value is -1.10. The quantitative estimate of drug-likeness (QED) is 0.786. The van der Waals surface area contributed by atoms with E-state index in [1.165, 1.54) is 12.1 Å². The van der Waals surface area contributed by atoms with Crippen molar-refractivity contribution < 1.29 is 9.18 Å². The van der Waals surface area contributed by atoms with Crippen LogP contribution in [0.3, 0.4) is 0 Å². The number of carbonyl (C=O) groups is 1. The molecule has 0 aliphatic carbocycles. The summed E-state index contributed by atoms with van der Waals surface area (Å²) >= 11 is 14.7. The van der Waals surface area contributed by atoms with Crippen LogP contribution in [0.15, 0.2) is 40.9 Å². The van der Waals surface area contributed by atoms with Crippen molar-refractivity contribution in [2.45, 2.75) is 0 Å². The Morgan fingerprint density at radius 3 is 2.53 bits per heavy atom. The minimum atomic E-state index is -0.668. The summed E-state index contributed by atoms with van der Waals surface area (Å²) in [5, 5.41) is 3.34. The fourth-order valence-electron chi connectivity index (χ4n) is 1.45. The van der Waals surface area contributed by atoms with Crippen molar-refractivity contribution in [3.05, 3.63) is 62.3 Å². The highest BCUT2D eigenvalue weighted by molar-refractivity contribution is 9.10. The summed E-state index contributed by atoms with van der Waals surface area (Å²) < 4.78 is 14.2. The first kappa shape index (κ1) is 14.3. The number of hydrogen-bond donors (Lipinski definition) is 1. The Labute approximate surface area is 127 Å². The van der Waals surface area contributed by atoms with Gasteiger partial charge in [-0.05, 0) is 52.3 Å². The smallest absolute Gasteiger partial charge is 0.258 e. The van der Waals surface area contributed by atoms with Gasteiger partial charge in [-0.1, -0.05) is 23.2 Å². The third-order valence-corrected chi connectivity index (χ3v) is 3.80. The topological polar surface area (TPSA) is 29.1 Å². The zero-order valence-electron chi connectivity index (χ0n) is 9.38. The van der Waals surface area contributed by atoms with Crippen LogP contribution in [0.2, 0.25) is 10.0 Å². The second kappa shape index (κ2) is 5.90. The molecule has 6 heteroatoms. The maximum Gasteiger partial charge on any atom is 0.258 e. The molecular formula is C13H7BrCl2FNO. The summed E-state index contributed by atoms with van der Waals surface area (Å²) in [4.78, 5) is 11.9. The van der Waals surface area contributed by atoms with Crippen molar-refractivity contribution >= 4 is 50.7 Å². The van der Waals surface area contributed by atoms with Crippen molar-refractivity contribution in [1.82, 2.24) is 0 Å². The highest BCUT2D eigenvalue weighted by Gasteiger charge is 2.12. The van der Waals surface area contributed by atoms with Crippen LogP contribution in [0.4, 0.5) is 10.1 Å². The first-order chi connectivity index (χ1) is 8.97. The van der Waals surface area contributed by atoms with Crippen molar-refractivity contribution in [2.24, 2.45) is 0 Å². The lowest BCUT2D eigenvalue weighted by atomic mass is 10.2. The van der Waals surface area contributed by atoms with Crippen molar-refractivity contribution in [3.63, 3.8) is 0 Å². The van der Waals surface area contributed by atoms with Gasteiger partial charge in [-0.25, -0.2) is 4.39 Å². The Morgan fingerprint density at radius 1 is 1.16 bits per heavy atom. The SMILES string of the molecule is O=C(Nc1ccc(Cl)c(Br)c1)c1ccc(Cl)cc1F. The number of anilines is 1. The Kier molecular flexibility index (Phi) is 4.45. The molecule has 0 bridgehead atoms. The van der Waals surface area contributed by atoms with Gasteiger partial charge in [-0.2, -0.15) is 0 Å². The molecule has 0 heterocycles. The molecule has 0 spiro atoms. The van der Waals surface area contributed by atoms with E-state index in [0.717, 1.165) is 6.07 Å². The average Bonchev–Trinajstić information content (AvgIpc) is 2.33. The maximum atomic E-state index is 13.6. The highest BCUT2D eigenvalue weighted by Crippen LogP contribution is 2.26. The Balaban J connectivity index is 2.23. The average molecular weight is 363 g/mol. The molecule has 0 unspecified atom stereocenters. The largest absolute Gasteiger partial charge is 0.322 e. The number of halogens is 4. The van der Waals surface area contributed by atoms with Crippen LogP contribution in [0, 0.1) is 5.82 Å². The molecule has 98 valence electrons. The molecule has 0 aliphatic heterocycles. The van der Waals surface area contributed by atoms with Gasteiger partial charge in [-0.3, -0.25) is 4.79 Å². The van der Waals surface area contributed by atoms with Gasteiger partial charge in [0.1, 0.15) is 5.82 Å². The minimum Gasteiger partial charge on any atom is -0.322 e. The van der Waals surface area contributed by atoms with Gasteiger partial charge >= 0.3 is 0 Å². The van der Waals surface area contributed by atoms with Gasteiger partial charge in [0.05, 0.1) is 10.6 Å². The summed E-state index contributed by atoms with van der Waals surface area (Å²) in [5.74, 6) is -1.22. The molecule has 0 aromatic heterocycles. The molecule has 2 aromatic rings. The van der Waals surface area contributed by atoms with Gasteiger partial charge in [0, 0.05) is 15.2 Å². The van der Waals surface area contributed by atoms with Crippen LogP contribution in [-0.4, -0.2) is 5.91 Å². The lowest BCUT2D eigenvalue weighted by Crippen LogP contribution is -2.13. The lowest BCUT2D eigenvalue weighted by molar-refractivity contribution is 0.102. The van der Waals surface area contributed by atoms with Gasteiger partial charge in [0.15, 0.2) is 0 Å². The molecule has 19 heavy (non-hydrogen) atoms. The standard InChI is InChI=1S/C13H7BrCl2FNO/c14-10-6-8(2-4-11(10)16)18-13(19)9-3-1-7(15)5-12(9)17/h1-6H,(H,18,19). The lowest BCUT2D eigenvalue weighted by Gasteiger charge is -2.07. The van der Waals surface area contributed by atoms with E-state index in [2.05, 4.69) is 21.2 Å². The normalized spacial score (nSPS) is 10.3. The predicted molar refractivity (Wildman–Crippen MR) is 78.5 cm³/mol. The van der Waals surface area contributed by atoms with Crippen molar-refractivity contribution in [3.8, 4) is 0 Å². The van der Waals surface area contributed by atoms with E-state index in [-0.39, 0.29) is 10.6 Å². The molecule has 0 saturated heterocycles. The molecule has 2 nitrogen and oxygen atoms in total. The van der Waals surface area contributed by atoms with Crippen LogP contribution < -0.4 is 5.32 Å². The molecule has 0 aliphatic rings. The molecule has 1 N–H and O–H groups in total. The van der Waals surface area contributed by atoms with E-state index in [4.69, 9.17) is 23.2 Å². The summed E-state index contributed by atoms with van der Waals surface area (Å²) in [6.07, 6.45) is 0. The summed E-state index contributed by atoms with van der Waals surface area (Å²) in [7, 11) is 0. The summed E-state index contributed by atoms with van der Waals surface area (Å²) in [5.41, 5.74) is 0.436. The van der Waals surface area contributed by atoms with E-state index in [1.807, 2.05) is 0 Å². The maximum absolute atomic E-state index is 13.6. The van der Waals surface area contributed by atoms with Crippen molar-refractivity contribution in [1.29, 1.82) is 0 Å². The molecule has 0 atom stereocenters. The zero-order chi connectivity index (χ0) is 14.0. The predicted octanol–water partition coefficient (Wildman–Crippen LogP) is 5.15. The molecular weight excluding hydrogens is 356 g/mol. The number of hydrogen-bond acceptors (Lipinski definition) is 1. The molecule has 0 fully saturated rings. The van der Waals surface area contributed by atoms with Crippen LogP contribution >= 0.6 is 39.1 Å². The summed E-state index contributed by atoms with van der Waals surface area (Å²) in [6.45, 7) is 0. The number of nitrogens with one attached hydrogen (secondary N) is 1. The van der Waals surface area contributed by atoms with Gasteiger partial charge in [0.25, 0.3) is 5.91 Å². The fraction of sp³-hybridized carbons (Fsp3) is 0. The second-order valence-corrected chi connectivity index (χ2v) is 5.41. The molecule has 0 radical (unpaired) electrons. The first-order valence-corrected chi connectivity index (χ1v) is 6.74. The van der Waals surface area contributed by atoms with Crippen LogP contribution in [-0.2, 0) is 0 Å².